The van der Waals surface area contributed by atoms with E-state index in [9.17, 15) is 4.79 Å². The van der Waals surface area contributed by atoms with Gasteiger partial charge in [0.15, 0.2) is 0 Å². The molecular weight excluding hydrogens is 293 g/mol. The molecule has 0 heterocycles. The Hall–Kier alpha value is -0.580. The monoisotopic (exact) mass is 305 g/mol. The molecule has 0 aliphatic carbocycles. The van der Waals surface area contributed by atoms with Gasteiger partial charge in [0.25, 0.3) is 0 Å². The quantitative estimate of drug-likeness (QED) is 0.925. The topological polar surface area (TPSA) is 40.5 Å². The maximum absolute atomic E-state index is 11.7. The van der Waals surface area contributed by atoms with Crippen molar-refractivity contribution in [3.63, 3.8) is 0 Å². The molecule has 0 saturated carbocycles. The Bertz CT molecular complexity index is 384. The van der Waals surface area contributed by atoms with Crippen molar-refractivity contribution in [1.29, 1.82) is 0 Å². The number of amides is 1. The van der Waals surface area contributed by atoms with Gasteiger partial charge in [-0.3, -0.25) is 4.79 Å². The van der Waals surface area contributed by atoms with Crippen LogP contribution in [0.2, 0.25) is 5.02 Å². The summed E-state index contributed by atoms with van der Waals surface area (Å²) in [5.41, 5.74) is 0.888. The molecule has 0 atom stereocenters. The highest BCUT2D eigenvalue weighted by Gasteiger charge is 2.11. The van der Waals surface area contributed by atoms with Crippen LogP contribution in [-0.2, 0) is 11.2 Å². The van der Waals surface area contributed by atoms with Gasteiger partial charge in [-0.15, -0.1) is 0 Å². The minimum Gasteiger partial charge on any atom is -0.395 e. The summed E-state index contributed by atoms with van der Waals surface area (Å²) in [4.78, 5) is 13.2. The van der Waals surface area contributed by atoms with E-state index in [-0.39, 0.29) is 12.5 Å². The molecular formula is C11H13BrClNO2. The molecule has 88 valence electrons. The largest absolute Gasteiger partial charge is 0.395 e. The van der Waals surface area contributed by atoms with Crippen LogP contribution in [0, 0.1) is 0 Å². The minimum atomic E-state index is -0.0305. The Morgan fingerprint density at radius 1 is 1.56 bits per heavy atom. The lowest BCUT2D eigenvalue weighted by atomic mass is 10.1. The predicted molar refractivity (Wildman–Crippen MR) is 67.6 cm³/mol. The highest BCUT2D eigenvalue weighted by Crippen LogP contribution is 2.22. The molecule has 0 aromatic heterocycles. The van der Waals surface area contributed by atoms with E-state index in [0.29, 0.717) is 18.0 Å². The average molecular weight is 307 g/mol. The number of likely N-dealkylation sites (N-methyl/N-ethyl adjacent to an activating group) is 1. The number of rotatable bonds is 4. The fourth-order valence-corrected chi connectivity index (χ4v) is 2.06. The molecule has 0 saturated heterocycles. The number of carbonyl (C=O) groups excluding carboxylic acids is 1. The zero-order valence-electron chi connectivity index (χ0n) is 8.91. The first-order chi connectivity index (χ1) is 7.54. The van der Waals surface area contributed by atoms with Gasteiger partial charge in [0.1, 0.15) is 0 Å². The van der Waals surface area contributed by atoms with E-state index in [0.717, 1.165) is 10.0 Å². The number of hydrogen-bond acceptors (Lipinski definition) is 2. The number of nitrogens with zero attached hydrogens (tertiary/aromatic N) is 1. The molecule has 0 aliphatic heterocycles. The minimum absolute atomic E-state index is 0.0238. The summed E-state index contributed by atoms with van der Waals surface area (Å²) < 4.78 is 0.825. The van der Waals surface area contributed by atoms with E-state index in [1.165, 1.54) is 4.90 Å². The summed E-state index contributed by atoms with van der Waals surface area (Å²) in [5.74, 6) is -0.0305. The molecule has 0 unspecified atom stereocenters. The summed E-state index contributed by atoms with van der Waals surface area (Å²) in [7, 11) is 1.67. The van der Waals surface area contributed by atoms with Gasteiger partial charge in [-0.25, -0.2) is 0 Å². The summed E-state index contributed by atoms with van der Waals surface area (Å²) >= 11 is 9.17. The fraction of sp³-hybridized carbons (Fsp3) is 0.364. The third kappa shape index (κ3) is 3.77. The summed E-state index contributed by atoms with van der Waals surface area (Å²) in [6.45, 7) is 0.327. The van der Waals surface area contributed by atoms with Crippen LogP contribution in [0.3, 0.4) is 0 Å². The van der Waals surface area contributed by atoms with Gasteiger partial charge in [-0.2, -0.15) is 0 Å². The molecule has 3 nitrogen and oxygen atoms in total. The third-order valence-electron chi connectivity index (χ3n) is 2.22. The van der Waals surface area contributed by atoms with Gasteiger partial charge in [-0.1, -0.05) is 33.6 Å². The van der Waals surface area contributed by atoms with Gasteiger partial charge < -0.3 is 10.0 Å². The lowest BCUT2D eigenvalue weighted by molar-refractivity contribution is -0.129. The average Bonchev–Trinajstić information content (AvgIpc) is 2.22. The maximum atomic E-state index is 11.7. The molecule has 16 heavy (non-hydrogen) atoms. The Labute approximate surface area is 108 Å². The first-order valence-corrected chi connectivity index (χ1v) is 6.00. The van der Waals surface area contributed by atoms with Crippen LogP contribution >= 0.6 is 27.5 Å². The number of carbonyl (C=O) groups is 1. The van der Waals surface area contributed by atoms with Crippen LogP contribution in [0.4, 0.5) is 0 Å². The predicted octanol–water partition coefficient (Wildman–Crippen LogP) is 2.10. The normalized spacial score (nSPS) is 10.2. The molecule has 1 N–H and O–H groups in total. The maximum Gasteiger partial charge on any atom is 0.226 e. The Morgan fingerprint density at radius 2 is 2.25 bits per heavy atom. The van der Waals surface area contributed by atoms with Gasteiger partial charge in [-0.05, 0) is 17.7 Å². The molecule has 1 aromatic carbocycles. The van der Waals surface area contributed by atoms with Gasteiger partial charge in [0.05, 0.1) is 13.0 Å². The van der Waals surface area contributed by atoms with Crippen molar-refractivity contribution in [2.75, 3.05) is 20.2 Å². The lowest BCUT2D eigenvalue weighted by Gasteiger charge is -2.16. The van der Waals surface area contributed by atoms with Crippen LogP contribution in [0.5, 0.6) is 0 Å². The van der Waals surface area contributed by atoms with Crippen LogP contribution in [0.1, 0.15) is 5.56 Å². The first kappa shape index (κ1) is 13.5. The van der Waals surface area contributed by atoms with E-state index in [4.69, 9.17) is 16.7 Å². The van der Waals surface area contributed by atoms with Crippen molar-refractivity contribution in [2.45, 2.75) is 6.42 Å². The number of benzene rings is 1. The van der Waals surface area contributed by atoms with Crippen molar-refractivity contribution in [3.05, 3.63) is 33.3 Å². The molecule has 1 amide bonds. The molecule has 0 spiro atoms. The zero-order chi connectivity index (χ0) is 12.1. The van der Waals surface area contributed by atoms with Gasteiger partial charge in [0.2, 0.25) is 5.91 Å². The SMILES string of the molecule is CN(CCO)C(=O)Cc1ccc(Cl)cc1Br. The Kier molecular flexibility index (Phi) is 5.25. The third-order valence-corrected chi connectivity index (χ3v) is 3.19. The van der Waals surface area contributed by atoms with E-state index in [2.05, 4.69) is 15.9 Å². The molecule has 0 aliphatic rings. The Balaban J connectivity index is 2.69. The second kappa shape index (κ2) is 6.23. The lowest BCUT2D eigenvalue weighted by Crippen LogP contribution is -2.30. The summed E-state index contributed by atoms with van der Waals surface area (Å²) in [5, 5.41) is 9.35. The number of aliphatic hydroxyl groups excluding tert-OH is 1. The van der Waals surface area contributed by atoms with Crippen molar-refractivity contribution >= 4 is 33.4 Å². The second-order valence-corrected chi connectivity index (χ2v) is 4.74. The molecule has 1 aromatic rings. The van der Waals surface area contributed by atoms with Crippen molar-refractivity contribution in [3.8, 4) is 0 Å². The van der Waals surface area contributed by atoms with E-state index in [1.807, 2.05) is 6.07 Å². The molecule has 0 fully saturated rings. The van der Waals surface area contributed by atoms with E-state index < -0.39 is 0 Å². The van der Waals surface area contributed by atoms with Gasteiger partial charge >= 0.3 is 0 Å². The van der Waals surface area contributed by atoms with Gasteiger partial charge in [0, 0.05) is 23.1 Å². The number of aliphatic hydroxyl groups is 1. The van der Waals surface area contributed by atoms with E-state index >= 15 is 0 Å². The second-order valence-electron chi connectivity index (χ2n) is 3.45. The first-order valence-electron chi connectivity index (χ1n) is 4.83. The molecule has 5 heteroatoms. The Morgan fingerprint density at radius 3 is 2.81 bits per heavy atom. The van der Waals surface area contributed by atoms with Crippen LogP contribution in [0.15, 0.2) is 22.7 Å². The van der Waals surface area contributed by atoms with E-state index in [1.54, 1.807) is 19.2 Å². The zero-order valence-corrected chi connectivity index (χ0v) is 11.3. The number of halogens is 2. The molecule has 0 radical (unpaired) electrons. The summed E-state index contributed by atoms with van der Waals surface area (Å²) in [6, 6.07) is 5.33. The molecule has 1 rings (SSSR count). The fourth-order valence-electron chi connectivity index (χ4n) is 1.24. The highest BCUT2D eigenvalue weighted by molar-refractivity contribution is 9.10. The van der Waals surface area contributed by atoms with Crippen molar-refractivity contribution < 1.29 is 9.90 Å². The standard InChI is InChI=1S/C11H13BrClNO2/c1-14(4-5-15)11(16)6-8-2-3-9(13)7-10(8)12/h2-3,7,15H,4-6H2,1H3. The number of hydrogen-bond donors (Lipinski definition) is 1. The van der Waals surface area contributed by atoms with Crippen LogP contribution in [-0.4, -0.2) is 36.1 Å². The molecule has 0 bridgehead atoms. The van der Waals surface area contributed by atoms with Crippen molar-refractivity contribution in [2.24, 2.45) is 0 Å². The van der Waals surface area contributed by atoms with Crippen molar-refractivity contribution in [1.82, 2.24) is 4.90 Å². The summed E-state index contributed by atoms with van der Waals surface area (Å²) in [6.07, 6.45) is 0.300. The highest BCUT2D eigenvalue weighted by atomic mass is 79.9. The smallest absolute Gasteiger partial charge is 0.226 e. The van der Waals surface area contributed by atoms with Crippen LogP contribution < -0.4 is 0 Å². The van der Waals surface area contributed by atoms with Crippen LogP contribution in [0.25, 0.3) is 0 Å².